The third kappa shape index (κ3) is 5.18. The molecule has 6 nitrogen and oxygen atoms in total. The predicted octanol–water partition coefficient (Wildman–Crippen LogP) is 4.61. The van der Waals surface area contributed by atoms with E-state index < -0.39 is 4.92 Å². The zero-order chi connectivity index (χ0) is 23.5. The Morgan fingerprint density at radius 2 is 1.59 bits per heavy atom. The largest absolute Gasteiger partial charge is 0.867 e. The number of nitro groups is 1. The van der Waals surface area contributed by atoms with Crippen molar-refractivity contribution in [3.05, 3.63) is 99.9 Å². The fourth-order valence-corrected chi connectivity index (χ4v) is 3.49. The Hall–Kier alpha value is -3.58. The molecule has 3 aromatic rings. The molecule has 0 aliphatic rings. The Balaban J connectivity index is 2.09. The molecule has 3 rings (SSSR count). The normalized spacial score (nSPS) is 12.1. The third-order valence-electron chi connectivity index (χ3n) is 5.12. The minimum absolute atomic E-state index is 0.0401. The van der Waals surface area contributed by atoms with Crippen molar-refractivity contribution in [2.45, 2.75) is 33.1 Å². The van der Waals surface area contributed by atoms with Crippen LogP contribution in [0.2, 0.25) is 0 Å². The first kappa shape index (κ1) is 23.1. The van der Waals surface area contributed by atoms with Crippen molar-refractivity contribution in [2.24, 2.45) is 0 Å². The molecule has 0 aliphatic heterocycles. The van der Waals surface area contributed by atoms with Crippen LogP contribution in [0.4, 0.5) is 11.4 Å². The summed E-state index contributed by atoms with van der Waals surface area (Å²) in [6.45, 7) is 8.30. The maximum absolute atomic E-state index is 13.5. The molecule has 2 aromatic carbocycles. The van der Waals surface area contributed by atoms with Gasteiger partial charge in [-0.25, -0.2) is 0 Å². The lowest BCUT2D eigenvalue weighted by Crippen LogP contribution is -2.40. The first-order valence-corrected chi connectivity index (χ1v) is 10.5. The second-order valence-electron chi connectivity index (χ2n) is 8.49. The highest BCUT2D eigenvalue weighted by Gasteiger charge is 2.22. The van der Waals surface area contributed by atoms with Crippen LogP contribution in [0.15, 0.2) is 73.1 Å². The number of nitrogens with one attached hydrogen (secondary N) is 1. The maximum Gasteiger partial charge on any atom is 0.269 e. The minimum atomic E-state index is -0.497. The number of benzene rings is 2. The molecular weight excluding hydrogens is 422 g/mol. The Kier molecular flexibility index (Phi) is 6.69. The summed E-state index contributed by atoms with van der Waals surface area (Å²) >= 11 is 5.65. The number of aryl methyl sites for hydroxylation is 1. The number of thiocarbonyl (C=S) groups is 1. The van der Waals surface area contributed by atoms with E-state index in [4.69, 9.17) is 12.2 Å². The van der Waals surface area contributed by atoms with Gasteiger partial charge in [0.1, 0.15) is 0 Å². The molecule has 1 N–H and O–H groups in total. The van der Waals surface area contributed by atoms with Gasteiger partial charge in [0, 0.05) is 30.0 Å². The van der Waals surface area contributed by atoms with Gasteiger partial charge in [-0.15, -0.1) is 0 Å². The number of rotatable bonds is 5. The monoisotopic (exact) mass is 447 g/mol. The van der Waals surface area contributed by atoms with Crippen molar-refractivity contribution in [2.75, 3.05) is 5.32 Å². The molecule has 164 valence electrons. The van der Waals surface area contributed by atoms with Crippen LogP contribution in [0.3, 0.4) is 0 Å². The fourth-order valence-electron chi connectivity index (χ4n) is 3.18. The van der Waals surface area contributed by atoms with Crippen LogP contribution in [0, 0.1) is 17.0 Å². The lowest BCUT2D eigenvalue weighted by Gasteiger charge is -2.20. The van der Waals surface area contributed by atoms with E-state index in [1.165, 1.54) is 24.3 Å². The van der Waals surface area contributed by atoms with Gasteiger partial charge in [-0.1, -0.05) is 51.2 Å². The molecule has 7 heteroatoms. The van der Waals surface area contributed by atoms with Gasteiger partial charge in [0.2, 0.25) is 5.70 Å². The van der Waals surface area contributed by atoms with Crippen molar-refractivity contribution < 1.29 is 14.6 Å². The van der Waals surface area contributed by atoms with E-state index in [9.17, 15) is 15.2 Å². The van der Waals surface area contributed by atoms with Crippen molar-refractivity contribution in [3.63, 3.8) is 0 Å². The molecule has 32 heavy (non-hydrogen) atoms. The Morgan fingerprint density at radius 1 is 1.00 bits per heavy atom. The molecule has 0 bridgehead atoms. The van der Waals surface area contributed by atoms with Gasteiger partial charge in [0.15, 0.2) is 17.4 Å². The van der Waals surface area contributed by atoms with Gasteiger partial charge in [0.25, 0.3) is 5.69 Å². The van der Waals surface area contributed by atoms with E-state index in [0.29, 0.717) is 5.56 Å². The van der Waals surface area contributed by atoms with Crippen LogP contribution < -0.4 is 15.0 Å². The van der Waals surface area contributed by atoms with Crippen molar-refractivity contribution in [1.29, 1.82) is 0 Å². The van der Waals surface area contributed by atoms with Crippen molar-refractivity contribution in [1.82, 2.24) is 0 Å². The van der Waals surface area contributed by atoms with Crippen LogP contribution in [0.5, 0.6) is 0 Å². The van der Waals surface area contributed by atoms with E-state index >= 15 is 0 Å². The maximum atomic E-state index is 13.5. The van der Waals surface area contributed by atoms with E-state index in [2.05, 4.69) is 26.1 Å². The summed E-state index contributed by atoms with van der Waals surface area (Å²) in [6, 6.07) is 17.1. The number of nitrogens with zero attached hydrogens (tertiary/aromatic N) is 2. The van der Waals surface area contributed by atoms with Crippen molar-refractivity contribution in [3.8, 4) is 0 Å². The summed E-state index contributed by atoms with van der Waals surface area (Å²) in [4.78, 5) is 10.7. The number of non-ortho nitro benzene ring substituents is 1. The quantitative estimate of drug-likeness (QED) is 0.154. The zero-order valence-corrected chi connectivity index (χ0v) is 19.3. The van der Waals surface area contributed by atoms with Crippen LogP contribution in [0.25, 0.3) is 11.5 Å². The Labute approximate surface area is 193 Å². The molecule has 0 amide bonds. The lowest BCUT2D eigenvalue weighted by molar-refractivity contribution is -0.577. The van der Waals surface area contributed by atoms with Crippen LogP contribution in [-0.4, -0.2) is 9.91 Å². The fraction of sp³-hybridized carbons (Fsp3) is 0.200. The summed E-state index contributed by atoms with van der Waals surface area (Å²) in [5.74, 6) is -0.334. The number of aromatic nitrogens is 1. The molecule has 0 radical (unpaired) electrons. The highest BCUT2D eigenvalue weighted by atomic mass is 32.1. The van der Waals surface area contributed by atoms with Gasteiger partial charge >= 0.3 is 0 Å². The first-order chi connectivity index (χ1) is 15.1. The third-order valence-corrected chi connectivity index (χ3v) is 5.41. The molecule has 0 aliphatic carbocycles. The average Bonchev–Trinajstić information content (AvgIpc) is 2.75. The van der Waals surface area contributed by atoms with Crippen LogP contribution >= 0.6 is 12.2 Å². The molecule has 0 saturated heterocycles. The van der Waals surface area contributed by atoms with Crippen LogP contribution in [-0.2, 0) is 5.41 Å². The summed E-state index contributed by atoms with van der Waals surface area (Å²) < 4.78 is 1.69. The summed E-state index contributed by atoms with van der Waals surface area (Å²) in [5, 5.41) is 27.6. The molecule has 1 aromatic heterocycles. The smallest absolute Gasteiger partial charge is 0.269 e. The topological polar surface area (TPSA) is 82.1 Å². The minimum Gasteiger partial charge on any atom is -0.867 e. The van der Waals surface area contributed by atoms with E-state index in [1.54, 1.807) is 4.57 Å². The number of anilines is 1. The molecule has 0 spiro atoms. The average molecular weight is 448 g/mol. The van der Waals surface area contributed by atoms with Crippen LogP contribution in [0.1, 0.15) is 37.5 Å². The zero-order valence-electron chi connectivity index (χ0n) is 18.5. The summed E-state index contributed by atoms with van der Waals surface area (Å²) in [7, 11) is 0. The number of hydrogen-bond acceptors (Lipinski definition) is 4. The molecule has 0 fully saturated rings. The number of hydrogen-bond donors (Lipinski definition) is 1. The second kappa shape index (κ2) is 9.28. The molecule has 0 unspecified atom stereocenters. The van der Waals surface area contributed by atoms with Gasteiger partial charge in [0.05, 0.1) is 4.92 Å². The van der Waals surface area contributed by atoms with E-state index in [1.807, 2.05) is 55.7 Å². The number of pyridine rings is 1. The predicted molar refractivity (Wildman–Crippen MR) is 129 cm³/mol. The highest BCUT2D eigenvalue weighted by Crippen LogP contribution is 2.23. The second-order valence-corrected chi connectivity index (χ2v) is 8.90. The molecular formula is C25H25N3O3S. The standard InChI is InChI=1S/C25H25N3O3S/c1-17-7-5-6-8-21(17)26-24(32)22(27-15-13-19(14-16-27)25(2,3)4)23(29)18-9-11-20(12-10-18)28(30)31/h5-16H,1-4H3,(H-,26,29,32). The Bertz CT molecular complexity index is 1180. The first-order valence-electron chi connectivity index (χ1n) is 10.1. The van der Waals surface area contributed by atoms with E-state index in [-0.39, 0.29) is 27.5 Å². The molecule has 0 saturated carbocycles. The summed E-state index contributed by atoms with van der Waals surface area (Å²) in [6.07, 6.45) is 3.62. The molecule has 1 heterocycles. The van der Waals surface area contributed by atoms with Gasteiger partial charge in [-0.05, 0) is 53.0 Å². The lowest BCUT2D eigenvalue weighted by atomic mass is 9.88. The van der Waals surface area contributed by atoms with E-state index in [0.717, 1.165) is 16.8 Å². The highest BCUT2D eigenvalue weighted by molar-refractivity contribution is 7.81. The van der Waals surface area contributed by atoms with Gasteiger partial charge < -0.3 is 10.4 Å². The van der Waals surface area contributed by atoms with Gasteiger partial charge in [-0.3, -0.25) is 10.1 Å². The van der Waals surface area contributed by atoms with Crippen molar-refractivity contribution >= 4 is 40.0 Å². The molecule has 0 atom stereocenters. The number of nitro benzene ring substituents is 1. The SMILES string of the molecule is Cc1ccccc1NC(=S)C(=C([O-])c1ccc([N+](=O)[O-])cc1)[n+]1ccc(C(C)(C)C)cc1. The van der Waals surface area contributed by atoms with Gasteiger partial charge in [-0.2, -0.15) is 4.57 Å². The number of para-hydroxylation sites is 1. The Morgan fingerprint density at radius 3 is 2.12 bits per heavy atom. The summed E-state index contributed by atoms with van der Waals surface area (Å²) in [5.41, 5.74) is 3.37.